The van der Waals surface area contributed by atoms with Gasteiger partial charge in [0, 0.05) is 17.4 Å². The number of hydrogen-bond donors (Lipinski definition) is 0. The Kier molecular flexibility index (Phi) is 8.84. The number of hydrogen-bond acceptors (Lipinski definition) is 7. The fourth-order valence-corrected chi connectivity index (χ4v) is 5.01. The summed E-state index contributed by atoms with van der Waals surface area (Å²) in [5, 5.41) is 0. The number of rotatable bonds is 9. The Hall–Kier alpha value is -2.73. The van der Waals surface area contributed by atoms with Gasteiger partial charge in [0.1, 0.15) is 5.75 Å². The molecule has 3 rings (SSSR count). The molecular formula is C23H21F6N2O4PS. The van der Waals surface area contributed by atoms with Crippen molar-refractivity contribution in [2.45, 2.75) is 33.1 Å². The van der Waals surface area contributed by atoms with Gasteiger partial charge in [0.15, 0.2) is 5.82 Å². The summed E-state index contributed by atoms with van der Waals surface area (Å²) in [5.41, 5.74) is -1.47. The van der Waals surface area contributed by atoms with E-state index in [2.05, 4.69) is 9.97 Å². The van der Waals surface area contributed by atoms with E-state index in [0.29, 0.717) is 0 Å². The van der Waals surface area contributed by atoms with Crippen LogP contribution in [0.5, 0.6) is 17.4 Å². The van der Waals surface area contributed by atoms with Gasteiger partial charge >= 0.3 is 19.1 Å². The Morgan fingerprint density at radius 3 is 1.97 bits per heavy atom. The Labute approximate surface area is 213 Å². The second-order valence-electron chi connectivity index (χ2n) is 7.34. The molecule has 0 N–H and O–H groups in total. The average Bonchev–Trinajstić information content (AvgIpc) is 2.80. The summed E-state index contributed by atoms with van der Waals surface area (Å²) < 4.78 is 101. The predicted molar refractivity (Wildman–Crippen MR) is 127 cm³/mol. The van der Waals surface area contributed by atoms with E-state index in [1.807, 2.05) is 0 Å². The zero-order valence-corrected chi connectivity index (χ0v) is 21.4. The van der Waals surface area contributed by atoms with Crippen LogP contribution < -0.4 is 9.26 Å². The summed E-state index contributed by atoms with van der Waals surface area (Å²) in [4.78, 5) is 8.51. The van der Waals surface area contributed by atoms with Crippen LogP contribution >= 0.6 is 6.72 Å². The van der Waals surface area contributed by atoms with Gasteiger partial charge < -0.3 is 9.26 Å². The molecule has 3 aromatic rings. The second-order valence-corrected chi connectivity index (χ2v) is 10.3. The molecule has 0 saturated heterocycles. The molecule has 37 heavy (non-hydrogen) atoms. The molecule has 0 saturated carbocycles. The Balaban J connectivity index is 2.10. The molecule has 1 heterocycles. The van der Waals surface area contributed by atoms with E-state index in [4.69, 9.17) is 30.1 Å². The Bertz CT molecular complexity index is 1280. The maximum absolute atomic E-state index is 13.2. The minimum absolute atomic E-state index is 0.0350. The van der Waals surface area contributed by atoms with Gasteiger partial charge in [-0.3, -0.25) is 9.05 Å². The molecule has 0 atom stereocenters. The number of benzene rings is 2. The van der Waals surface area contributed by atoms with Crippen LogP contribution in [0.25, 0.3) is 11.4 Å². The molecule has 0 unspecified atom stereocenters. The lowest BCUT2D eigenvalue weighted by atomic mass is 10.1. The van der Waals surface area contributed by atoms with E-state index in [-0.39, 0.29) is 47.7 Å². The van der Waals surface area contributed by atoms with E-state index in [0.717, 1.165) is 30.3 Å². The van der Waals surface area contributed by atoms with Gasteiger partial charge in [-0.25, -0.2) is 4.98 Å². The molecular weight excluding hydrogens is 545 g/mol. The van der Waals surface area contributed by atoms with Crippen molar-refractivity contribution in [3.63, 3.8) is 0 Å². The lowest BCUT2D eigenvalue weighted by Crippen LogP contribution is -2.08. The number of ether oxygens (including phenoxy) is 1. The van der Waals surface area contributed by atoms with Crippen LogP contribution in [-0.4, -0.2) is 23.2 Å². The lowest BCUT2D eigenvalue weighted by Gasteiger charge is -2.22. The van der Waals surface area contributed by atoms with Gasteiger partial charge in [-0.05, 0) is 51.1 Å². The third kappa shape index (κ3) is 7.41. The monoisotopic (exact) mass is 566 g/mol. The first-order valence-corrected chi connectivity index (χ1v) is 13.3. The molecule has 0 radical (unpaired) electrons. The molecule has 2 aromatic carbocycles. The van der Waals surface area contributed by atoms with Crippen molar-refractivity contribution in [2.75, 3.05) is 13.2 Å². The summed E-state index contributed by atoms with van der Waals surface area (Å²) in [7, 11) is 0. The summed E-state index contributed by atoms with van der Waals surface area (Å²) in [6.07, 6.45) is -9.14. The van der Waals surface area contributed by atoms with Gasteiger partial charge in [-0.1, -0.05) is 18.2 Å². The largest absolute Gasteiger partial charge is 0.450 e. The minimum atomic E-state index is -4.61. The molecule has 0 aliphatic carbocycles. The van der Waals surface area contributed by atoms with Crippen LogP contribution in [0.4, 0.5) is 26.3 Å². The number of alkyl halides is 6. The van der Waals surface area contributed by atoms with Crippen molar-refractivity contribution < 1.29 is 44.7 Å². The summed E-state index contributed by atoms with van der Waals surface area (Å²) in [6.45, 7) is 1.59. The zero-order valence-electron chi connectivity index (χ0n) is 19.7. The predicted octanol–water partition coefficient (Wildman–Crippen LogP) is 7.96. The van der Waals surface area contributed by atoms with Crippen LogP contribution in [0.2, 0.25) is 0 Å². The van der Waals surface area contributed by atoms with Gasteiger partial charge in [-0.2, -0.15) is 31.3 Å². The van der Waals surface area contributed by atoms with Crippen LogP contribution in [0.1, 0.15) is 30.7 Å². The molecule has 0 bridgehead atoms. The summed E-state index contributed by atoms with van der Waals surface area (Å²) in [6, 6.07) is 8.21. The zero-order chi connectivity index (χ0) is 27.4. The maximum Gasteiger partial charge on any atom is 0.416 e. The smallest absolute Gasteiger partial charge is 0.416 e. The third-order valence-electron chi connectivity index (χ3n) is 4.63. The molecule has 0 fully saturated rings. The van der Waals surface area contributed by atoms with Crippen molar-refractivity contribution in [2.24, 2.45) is 0 Å². The highest BCUT2D eigenvalue weighted by atomic mass is 32.5. The summed E-state index contributed by atoms with van der Waals surface area (Å²) >= 11 is 5.39. The number of halogens is 6. The van der Waals surface area contributed by atoms with Crippen molar-refractivity contribution in [1.29, 1.82) is 0 Å². The normalized spacial score (nSPS) is 12.5. The molecule has 0 spiro atoms. The molecule has 6 nitrogen and oxygen atoms in total. The first kappa shape index (κ1) is 28.8. The lowest BCUT2D eigenvalue weighted by molar-refractivity contribution is -0.138. The molecule has 0 amide bonds. The summed E-state index contributed by atoms with van der Waals surface area (Å²) in [5.74, 6) is -0.685. The van der Waals surface area contributed by atoms with E-state index in [9.17, 15) is 26.3 Å². The highest BCUT2D eigenvalue weighted by molar-refractivity contribution is 8.07. The van der Waals surface area contributed by atoms with Gasteiger partial charge in [0.25, 0.3) is 5.88 Å². The number of aryl methyl sites for hydroxylation is 1. The highest BCUT2D eigenvalue weighted by Crippen LogP contribution is 2.52. The molecule has 1 aromatic heterocycles. The maximum atomic E-state index is 13.2. The van der Waals surface area contributed by atoms with Crippen LogP contribution in [0.15, 0.2) is 48.5 Å². The molecule has 0 aliphatic rings. The Morgan fingerprint density at radius 1 is 0.838 bits per heavy atom. The molecule has 200 valence electrons. The first-order valence-electron chi connectivity index (χ1n) is 10.8. The van der Waals surface area contributed by atoms with E-state index < -0.39 is 30.2 Å². The molecule has 0 aliphatic heterocycles. The topological polar surface area (TPSA) is 62.7 Å². The first-order chi connectivity index (χ1) is 17.3. The average molecular weight is 566 g/mol. The standard InChI is InChI=1S/C23H21F6N2O4PS/c1-4-32-36(37,33-5-2)35-21-19(34-18-8-6-7-17(13-18)23(27,28)29)14(3)30-20(31-21)15-9-11-16(12-10-15)22(24,25)26/h6-13H,4-5H2,1-3H3. The van der Waals surface area contributed by atoms with Crippen LogP contribution in [-0.2, 0) is 33.2 Å². The quantitative estimate of drug-likeness (QED) is 0.192. The SMILES string of the molecule is CCOP(=S)(OCC)Oc1nc(-c2ccc(C(F)(F)F)cc2)nc(C)c1Oc1cccc(C(F)(F)F)c1. The number of aromatic nitrogens is 2. The highest BCUT2D eigenvalue weighted by Gasteiger charge is 2.32. The number of nitrogens with zero attached hydrogens (tertiary/aromatic N) is 2. The van der Waals surface area contributed by atoms with Crippen LogP contribution in [0, 0.1) is 6.92 Å². The second kappa shape index (κ2) is 11.3. The van der Waals surface area contributed by atoms with Gasteiger partial charge in [0.2, 0.25) is 5.75 Å². The van der Waals surface area contributed by atoms with Crippen molar-refractivity contribution in [3.05, 3.63) is 65.4 Å². The van der Waals surface area contributed by atoms with E-state index in [1.165, 1.54) is 25.1 Å². The van der Waals surface area contributed by atoms with Crippen molar-refractivity contribution >= 4 is 18.5 Å². The fourth-order valence-electron chi connectivity index (χ4n) is 3.02. The van der Waals surface area contributed by atoms with E-state index >= 15 is 0 Å². The molecule has 14 heteroatoms. The van der Waals surface area contributed by atoms with Crippen molar-refractivity contribution in [3.8, 4) is 28.8 Å². The fraction of sp³-hybridized carbons (Fsp3) is 0.304. The van der Waals surface area contributed by atoms with Crippen LogP contribution in [0.3, 0.4) is 0 Å². The van der Waals surface area contributed by atoms with Crippen molar-refractivity contribution in [1.82, 2.24) is 9.97 Å². The van der Waals surface area contributed by atoms with Gasteiger partial charge in [0.05, 0.1) is 30.0 Å². The third-order valence-corrected chi connectivity index (χ3v) is 7.03. The minimum Gasteiger partial charge on any atom is -0.450 e. The van der Waals surface area contributed by atoms with Gasteiger partial charge in [-0.15, -0.1) is 0 Å². The van der Waals surface area contributed by atoms with E-state index in [1.54, 1.807) is 13.8 Å². The Morgan fingerprint density at radius 2 is 1.43 bits per heavy atom.